The third-order valence-electron chi connectivity index (χ3n) is 9.74. The van der Waals surface area contributed by atoms with Gasteiger partial charge in [-0.15, -0.1) is 0 Å². The number of carbonyl (C=O) groups excluding carboxylic acids is 2. The Labute approximate surface area is 294 Å². The molecule has 0 bridgehead atoms. The second-order valence-electron chi connectivity index (χ2n) is 16.0. The number of amides is 2. The third-order valence-corrected chi connectivity index (χ3v) is 11.4. The number of aryl methyl sites for hydroxylation is 1. The number of rotatable bonds is 8. The van der Waals surface area contributed by atoms with E-state index in [-0.39, 0.29) is 19.1 Å². The van der Waals surface area contributed by atoms with Crippen molar-refractivity contribution in [1.29, 1.82) is 0 Å². The molecule has 2 aliphatic carbocycles. The molecule has 7 rings (SSSR count). The van der Waals surface area contributed by atoms with Crippen LogP contribution in [0.2, 0.25) is 25.7 Å². The van der Waals surface area contributed by atoms with E-state index in [1.807, 2.05) is 65.2 Å². The SMILES string of the molecule is CC(C)(C)OC(=O)N1CC2(CC2)c2c(c3c(n2COCC[Si](C)(C)C)-c2c(cnc(N=C(c4ccccc4)c4ccccc4)c2F)CC3)C1=O. The number of fused-ring (bicyclic) bond motifs is 6. The molecule has 2 aromatic carbocycles. The molecule has 2 aromatic heterocycles. The van der Waals surface area contributed by atoms with Gasteiger partial charge >= 0.3 is 6.09 Å². The molecule has 0 radical (unpaired) electrons. The zero-order valence-electron chi connectivity index (χ0n) is 29.8. The van der Waals surface area contributed by atoms with Crippen LogP contribution in [0.1, 0.15) is 71.9 Å². The van der Waals surface area contributed by atoms with Crippen molar-refractivity contribution in [1.82, 2.24) is 14.5 Å². The van der Waals surface area contributed by atoms with Gasteiger partial charge in [0.15, 0.2) is 11.6 Å². The van der Waals surface area contributed by atoms with Crippen molar-refractivity contribution < 1.29 is 23.5 Å². The van der Waals surface area contributed by atoms with E-state index in [9.17, 15) is 9.59 Å². The van der Waals surface area contributed by atoms with Gasteiger partial charge < -0.3 is 14.0 Å². The number of nitrogens with zero attached hydrogens (tertiary/aromatic N) is 4. The summed E-state index contributed by atoms with van der Waals surface area (Å²) in [6, 6.07) is 20.4. The largest absolute Gasteiger partial charge is 0.443 e. The molecule has 1 spiro atoms. The fourth-order valence-corrected chi connectivity index (χ4v) is 7.89. The summed E-state index contributed by atoms with van der Waals surface area (Å²) in [4.78, 5) is 38.5. The highest BCUT2D eigenvalue weighted by Gasteiger charge is 2.57. The molecule has 0 unspecified atom stereocenters. The number of pyridine rings is 1. The molecular formula is C40H45FN4O4Si. The molecular weight excluding hydrogens is 648 g/mol. The quantitative estimate of drug-likeness (QED) is 0.105. The second-order valence-corrected chi connectivity index (χ2v) is 21.6. The Bertz CT molecular complexity index is 1950. The third kappa shape index (κ3) is 6.46. The van der Waals surface area contributed by atoms with Crippen molar-refractivity contribution in [3.63, 3.8) is 0 Å². The van der Waals surface area contributed by atoms with Crippen molar-refractivity contribution in [2.24, 2.45) is 4.99 Å². The van der Waals surface area contributed by atoms with Gasteiger partial charge in [-0.2, -0.15) is 0 Å². The van der Waals surface area contributed by atoms with E-state index in [0.29, 0.717) is 42.0 Å². The molecule has 1 saturated carbocycles. The summed E-state index contributed by atoms with van der Waals surface area (Å²) in [5.41, 5.74) is 4.99. The highest BCUT2D eigenvalue weighted by Crippen LogP contribution is 2.56. The van der Waals surface area contributed by atoms with E-state index >= 15 is 4.39 Å². The van der Waals surface area contributed by atoms with Gasteiger partial charge in [-0.1, -0.05) is 80.3 Å². The molecule has 10 heteroatoms. The van der Waals surface area contributed by atoms with Crippen LogP contribution in [0.25, 0.3) is 11.3 Å². The van der Waals surface area contributed by atoms with Gasteiger partial charge in [0.05, 0.1) is 17.0 Å². The Morgan fingerprint density at radius 1 is 0.980 bits per heavy atom. The molecule has 0 N–H and O–H groups in total. The van der Waals surface area contributed by atoms with Crippen LogP contribution in [0.4, 0.5) is 15.0 Å². The molecule has 2 amide bonds. The summed E-state index contributed by atoms with van der Waals surface area (Å²) in [7, 11) is -1.38. The van der Waals surface area contributed by atoms with Crippen LogP contribution in [0, 0.1) is 5.82 Å². The first kappa shape index (κ1) is 34.1. The molecule has 260 valence electrons. The van der Waals surface area contributed by atoms with Gasteiger partial charge in [-0.3, -0.25) is 4.79 Å². The standard InChI is InChI=1S/C40H45FN4O4Si/c1-39(2,3)49-38(47)44-24-40(19-20-40)35-31(37(44)46)29-18-17-28-23-42-36(32(41)30(28)34(29)45(35)25-48-21-22-50(4,5)6)43-33(26-13-9-7-10-14-26)27-15-11-8-12-16-27/h7-16,23H,17-22,24-25H2,1-6H3. The number of hydrogen-bond acceptors (Lipinski definition) is 6. The van der Waals surface area contributed by atoms with E-state index in [2.05, 4.69) is 24.6 Å². The maximum Gasteiger partial charge on any atom is 0.417 e. The molecule has 3 heterocycles. The minimum atomic E-state index is -1.38. The monoisotopic (exact) mass is 692 g/mol. The minimum absolute atomic E-state index is 0.0208. The molecule has 8 nitrogen and oxygen atoms in total. The Morgan fingerprint density at radius 2 is 1.62 bits per heavy atom. The van der Waals surface area contributed by atoms with Gasteiger partial charge in [0, 0.05) is 55.2 Å². The average Bonchev–Trinajstić information content (AvgIpc) is 3.76. The maximum absolute atomic E-state index is 17.2. The number of hydrogen-bond donors (Lipinski definition) is 0. The first-order valence-corrected chi connectivity index (χ1v) is 21.2. The van der Waals surface area contributed by atoms with Gasteiger partial charge in [0.2, 0.25) is 0 Å². The van der Waals surface area contributed by atoms with Gasteiger partial charge in [-0.05, 0) is 63.6 Å². The van der Waals surface area contributed by atoms with Crippen LogP contribution in [0.3, 0.4) is 0 Å². The number of benzene rings is 2. The second kappa shape index (κ2) is 12.7. The van der Waals surface area contributed by atoms with Crippen LogP contribution in [-0.4, -0.2) is 59.0 Å². The van der Waals surface area contributed by atoms with Crippen molar-refractivity contribution in [2.45, 2.75) is 89.9 Å². The van der Waals surface area contributed by atoms with Crippen molar-refractivity contribution in [3.8, 4) is 11.3 Å². The lowest BCUT2D eigenvalue weighted by Crippen LogP contribution is -2.49. The van der Waals surface area contributed by atoms with E-state index in [4.69, 9.17) is 14.5 Å². The summed E-state index contributed by atoms with van der Waals surface area (Å²) in [6.07, 6.45) is 3.70. The summed E-state index contributed by atoms with van der Waals surface area (Å²) >= 11 is 0. The molecule has 1 fully saturated rings. The van der Waals surface area contributed by atoms with Gasteiger partial charge in [0.25, 0.3) is 5.91 Å². The maximum atomic E-state index is 17.2. The van der Waals surface area contributed by atoms with E-state index < -0.39 is 36.9 Å². The van der Waals surface area contributed by atoms with E-state index in [1.54, 1.807) is 27.0 Å². The molecule has 4 aromatic rings. The Hall–Kier alpha value is -4.41. The lowest BCUT2D eigenvalue weighted by molar-refractivity contribution is 0.0204. The number of aliphatic imine (C=N–C) groups is 1. The van der Waals surface area contributed by atoms with Crippen LogP contribution in [0.15, 0.2) is 71.9 Å². The Kier molecular flexibility index (Phi) is 8.67. The highest BCUT2D eigenvalue weighted by molar-refractivity contribution is 6.76. The zero-order chi connectivity index (χ0) is 35.4. The number of carbonyl (C=O) groups is 2. The fourth-order valence-electron chi connectivity index (χ4n) is 7.13. The molecule has 3 aliphatic rings. The van der Waals surface area contributed by atoms with Gasteiger partial charge in [0.1, 0.15) is 12.3 Å². The Balaban J connectivity index is 1.40. The van der Waals surface area contributed by atoms with E-state index in [1.165, 1.54) is 4.90 Å². The first-order chi connectivity index (χ1) is 23.8. The highest BCUT2D eigenvalue weighted by atomic mass is 28.3. The van der Waals surface area contributed by atoms with E-state index in [0.717, 1.165) is 46.8 Å². The number of ether oxygens (including phenoxy) is 2. The summed E-state index contributed by atoms with van der Waals surface area (Å²) in [5, 5.41) is 0. The number of imide groups is 1. The smallest absolute Gasteiger partial charge is 0.417 e. The summed E-state index contributed by atoms with van der Waals surface area (Å²) in [5.74, 6) is -0.949. The number of halogens is 1. The van der Waals surface area contributed by atoms with Crippen molar-refractivity contribution in [2.75, 3.05) is 13.2 Å². The van der Waals surface area contributed by atoms with Crippen molar-refractivity contribution >= 4 is 31.6 Å². The molecule has 0 saturated heterocycles. The predicted octanol–water partition coefficient (Wildman–Crippen LogP) is 8.69. The topological polar surface area (TPSA) is 86.0 Å². The van der Waals surface area contributed by atoms with Crippen LogP contribution < -0.4 is 0 Å². The average molecular weight is 693 g/mol. The molecule has 0 atom stereocenters. The first-order valence-electron chi connectivity index (χ1n) is 17.5. The number of aromatic nitrogens is 2. The molecule has 50 heavy (non-hydrogen) atoms. The molecule has 1 aliphatic heterocycles. The van der Waals surface area contributed by atoms with Crippen LogP contribution in [0.5, 0.6) is 0 Å². The fraction of sp³-hybridized carbons (Fsp3) is 0.400. The minimum Gasteiger partial charge on any atom is -0.443 e. The van der Waals surface area contributed by atoms with Crippen LogP contribution in [-0.2, 0) is 34.5 Å². The normalized spacial score (nSPS) is 16.1. The van der Waals surface area contributed by atoms with Crippen molar-refractivity contribution in [3.05, 3.63) is 106 Å². The summed E-state index contributed by atoms with van der Waals surface area (Å²) in [6.45, 7) is 13.3. The predicted molar refractivity (Wildman–Crippen MR) is 195 cm³/mol. The summed E-state index contributed by atoms with van der Waals surface area (Å²) < 4.78 is 31.3. The lowest BCUT2D eigenvalue weighted by atomic mass is 9.85. The van der Waals surface area contributed by atoms with Crippen LogP contribution >= 0.6 is 0 Å². The lowest BCUT2D eigenvalue weighted by Gasteiger charge is -2.34. The van der Waals surface area contributed by atoms with Gasteiger partial charge in [-0.25, -0.2) is 24.1 Å². The Morgan fingerprint density at radius 3 is 2.20 bits per heavy atom. The zero-order valence-corrected chi connectivity index (χ0v) is 30.8.